The number of aliphatic carboxylic acids is 1. The molecule has 0 heterocycles. The van der Waals surface area contributed by atoms with Crippen LogP contribution in [0, 0.1) is 5.92 Å². The molecular weight excluding hydrogens is 476 g/mol. The summed E-state index contributed by atoms with van der Waals surface area (Å²) in [6.07, 6.45) is -0.968. The minimum atomic E-state index is -1.44. The van der Waals surface area contributed by atoms with Gasteiger partial charge in [-0.05, 0) is 30.4 Å². The summed E-state index contributed by atoms with van der Waals surface area (Å²) >= 11 is 0. The highest BCUT2D eigenvalue weighted by atomic mass is 16.4. The highest BCUT2D eigenvalue weighted by Crippen LogP contribution is 2.08. The maximum absolute atomic E-state index is 13.3. The van der Waals surface area contributed by atoms with Crippen LogP contribution in [-0.2, 0) is 32.0 Å². The second-order valence-corrected chi connectivity index (χ2v) is 9.34. The number of carboxylic acids is 1. The van der Waals surface area contributed by atoms with Crippen molar-refractivity contribution < 1.29 is 29.4 Å². The van der Waals surface area contributed by atoms with Crippen molar-refractivity contribution in [3.63, 3.8) is 0 Å². The van der Waals surface area contributed by atoms with E-state index < -0.39 is 59.9 Å². The van der Waals surface area contributed by atoms with Gasteiger partial charge in [-0.1, -0.05) is 74.5 Å². The van der Waals surface area contributed by atoms with Crippen molar-refractivity contribution in [3.8, 4) is 0 Å². The highest BCUT2D eigenvalue weighted by molar-refractivity contribution is 5.94. The zero-order valence-electron chi connectivity index (χ0n) is 21.3. The molecule has 0 aliphatic rings. The van der Waals surface area contributed by atoms with Crippen LogP contribution in [0.2, 0.25) is 0 Å². The maximum atomic E-state index is 13.3. The largest absolute Gasteiger partial charge is 0.480 e. The molecule has 0 radical (unpaired) electrons. The molecule has 200 valence electrons. The molecule has 10 nitrogen and oxygen atoms in total. The summed E-state index contributed by atoms with van der Waals surface area (Å²) in [5.74, 6) is -3.79. The van der Waals surface area contributed by atoms with Gasteiger partial charge in [0.2, 0.25) is 17.7 Å². The first-order valence-corrected chi connectivity index (χ1v) is 12.1. The lowest BCUT2D eigenvalue weighted by atomic mass is 10.0. The molecule has 3 amide bonds. The molecule has 0 saturated carbocycles. The summed E-state index contributed by atoms with van der Waals surface area (Å²) in [4.78, 5) is 50.4. The molecule has 0 bridgehead atoms. The molecule has 2 rings (SSSR count). The molecule has 0 aliphatic heterocycles. The smallest absolute Gasteiger partial charge is 0.326 e. The fourth-order valence-corrected chi connectivity index (χ4v) is 3.71. The molecule has 0 fully saturated rings. The fraction of sp³-hybridized carbons (Fsp3) is 0.407. The van der Waals surface area contributed by atoms with E-state index in [0.29, 0.717) is 0 Å². The third kappa shape index (κ3) is 9.32. The van der Waals surface area contributed by atoms with E-state index in [2.05, 4.69) is 16.0 Å². The number of benzene rings is 2. The quantitative estimate of drug-likeness (QED) is 0.225. The predicted octanol–water partition coefficient (Wildman–Crippen LogP) is 0.375. The van der Waals surface area contributed by atoms with Gasteiger partial charge in [0.05, 0.1) is 12.1 Å². The highest BCUT2D eigenvalue weighted by Gasteiger charge is 2.33. The number of carbonyl (C=O) groups excluding carboxylic acids is 3. The van der Waals surface area contributed by atoms with Crippen LogP contribution in [0.25, 0.3) is 0 Å². The van der Waals surface area contributed by atoms with Gasteiger partial charge in [-0.3, -0.25) is 14.4 Å². The molecule has 10 heteroatoms. The van der Waals surface area contributed by atoms with Gasteiger partial charge >= 0.3 is 5.97 Å². The van der Waals surface area contributed by atoms with Gasteiger partial charge in [0.15, 0.2) is 0 Å². The number of nitrogens with one attached hydrogen (secondary N) is 3. The van der Waals surface area contributed by atoms with E-state index in [0.717, 1.165) is 11.1 Å². The number of carboxylic acid groups (broad SMARTS) is 1. The average molecular weight is 513 g/mol. The molecule has 5 unspecified atom stereocenters. The Morgan fingerprint density at radius 2 is 1.22 bits per heavy atom. The zero-order valence-corrected chi connectivity index (χ0v) is 21.3. The molecule has 0 aliphatic carbocycles. The summed E-state index contributed by atoms with van der Waals surface area (Å²) in [5, 5.41) is 27.1. The van der Waals surface area contributed by atoms with E-state index in [1.165, 1.54) is 6.92 Å². The number of rotatable bonds is 13. The molecule has 7 N–H and O–H groups in total. The van der Waals surface area contributed by atoms with Crippen molar-refractivity contribution in [2.24, 2.45) is 11.7 Å². The van der Waals surface area contributed by atoms with Gasteiger partial charge in [-0.15, -0.1) is 0 Å². The maximum Gasteiger partial charge on any atom is 0.326 e. The van der Waals surface area contributed by atoms with Gasteiger partial charge in [0.25, 0.3) is 0 Å². The number of aliphatic hydroxyl groups excluding tert-OH is 1. The number of hydrogen-bond donors (Lipinski definition) is 6. The van der Waals surface area contributed by atoms with Crippen LogP contribution < -0.4 is 21.7 Å². The zero-order chi connectivity index (χ0) is 27.5. The van der Waals surface area contributed by atoms with Gasteiger partial charge < -0.3 is 31.9 Å². The lowest BCUT2D eigenvalue weighted by Gasteiger charge is -2.27. The van der Waals surface area contributed by atoms with Crippen LogP contribution in [0.5, 0.6) is 0 Å². The molecule has 37 heavy (non-hydrogen) atoms. The Labute approximate surface area is 216 Å². The van der Waals surface area contributed by atoms with Crippen molar-refractivity contribution in [1.29, 1.82) is 0 Å². The third-order valence-corrected chi connectivity index (χ3v) is 5.84. The molecular formula is C27H36N4O6. The molecule has 2 aromatic rings. The number of amides is 3. The van der Waals surface area contributed by atoms with Crippen LogP contribution in [-0.4, -0.2) is 64.2 Å². The monoisotopic (exact) mass is 512 g/mol. The van der Waals surface area contributed by atoms with Crippen molar-refractivity contribution >= 4 is 23.7 Å². The molecule has 0 spiro atoms. The number of aliphatic hydroxyl groups is 1. The second kappa shape index (κ2) is 14.1. The number of carbonyl (C=O) groups is 4. The van der Waals surface area contributed by atoms with Crippen LogP contribution in [0.15, 0.2) is 60.7 Å². The minimum absolute atomic E-state index is 0.106. The first-order chi connectivity index (χ1) is 17.5. The summed E-state index contributed by atoms with van der Waals surface area (Å²) in [5.41, 5.74) is 7.71. The molecule has 0 saturated heterocycles. The summed E-state index contributed by atoms with van der Waals surface area (Å²) in [7, 11) is 0. The van der Waals surface area contributed by atoms with Gasteiger partial charge in [-0.25, -0.2) is 4.79 Å². The fourth-order valence-electron chi connectivity index (χ4n) is 3.71. The third-order valence-electron chi connectivity index (χ3n) is 5.84. The van der Waals surface area contributed by atoms with E-state index in [9.17, 15) is 29.4 Å². The first kappa shape index (κ1) is 29.5. The Bertz CT molecular complexity index is 1050. The summed E-state index contributed by atoms with van der Waals surface area (Å²) in [6.45, 7) is 4.55. The summed E-state index contributed by atoms with van der Waals surface area (Å²) < 4.78 is 0. The van der Waals surface area contributed by atoms with Gasteiger partial charge in [0.1, 0.15) is 18.1 Å². The minimum Gasteiger partial charge on any atom is -0.480 e. The lowest BCUT2D eigenvalue weighted by molar-refractivity contribution is -0.144. The van der Waals surface area contributed by atoms with Crippen molar-refractivity contribution in [2.45, 2.75) is 63.9 Å². The van der Waals surface area contributed by atoms with E-state index in [-0.39, 0.29) is 12.8 Å². The number of nitrogens with two attached hydrogens (primary N) is 1. The lowest BCUT2D eigenvalue weighted by Crippen LogP contribution is -2.60. The van der Waals surface area contributed by atoms with E-state index in [1.54, 1.807) is 38.1 Å². The Hall–Kier alpha value is -3.76. The Morgan fingerprint density at radius 3 is 1.68 bits per heavy atom. The van der Waals surface area contributed by atoms with E-state index in [1.807, 2.05) is 36.4 Å². The number of hydrogen-bond acceptors (Lipinski definition) is 6. The Kier molecular flexibility index (Phi) is 11.2. The normalized spacial score (nSPS) is 15.1. The molecule has 2 aromatic carbocycles. The predicted molar refractivity (Wildman–Crippen MR) is 138 cm³/mol. The van der Waals surface area contributed by atoms with Crippen LogP contribution in [0.3, 0.4) is 0 Å². The average Bonchev–Trinajstić information content (AvgIpc) is 2.85. The van der Waals surface area contributed by atoms with Gasteiger partial charge in [0, 0.05) is 6.42 Å². The van der Waals surface area contributed by atoms with E-state index >= 15 is 0 Å². The Balaban J connectivity index is 2.19. The molecule has 0 aromatic heterocycles. The van der Waals surface area contributed by atoms with Crippen LogP contribution in [0.4, 0.5) is 0 Å². The topological polar surface area (TPSA) is 171 Å². The van der Waals surface area contributed by atoms with Crippen LogP contribution in [0.1, 0.15) is 31.9 Å². The first-order valence-electron chi connectivity index (χ1n) is 12.1. The van der Waals surface area contributed by atoms with Crippen molar-refractivity contribution in [2.75, 3.05) is 0 Å². The SMILES string of the molecule is CC(C)C(NC(=O)C(NC(=O)C(Cc1ccccc1)NC(=O)C(N)Cc1ccccc1)C(C)O)C(=O)O. The second-order valence-electron chi connectivity index (χ2n) is 9.34. The van der Waals surface area contributed by atoms with E-state index in [4.69, 9.17) is 5.73 Å². The standard InChI is InChI=1S/C27H36N4O6/c1-16(2)22(27(36)37)30-26(35)23(17(3)32)31-25(34)21(15-19-12-8-5-9-13-19)29-24(33)20(28)14-18-10-6-4-7-11-18/h4-13,16-17,20-23,32H,14-15,28H2,1-3H3,(H,29,33)(H,30,35)(H,31,34)(H,36,37). The van der Waals surface area contributed by atoms with Crippen molar-refractivity contribution in [1.82, 2.24) is 16.0 Å². The van der Waals surface area contributed by atoms with Gasteiger partial charge in [-0.2, -0.15) is 0 Å². The Morgan fingerprint density at radius 1 is 0.730 bits per heavy atom. The van der Waals surface area contributed by atoms with Crippen LogP contribution >= 0.6 is 0 Å². The summed E-state index contributed by atoms with van der Waals surface area (Å²) in [6, 6.07) is 13.5. The molecule has 5 atom stereocenters. The van der Waals surface area contributed by atoms with Crippen molar-refractivity contribution in [3.05, 3.63) is 71.8 Å².